The minimum absolute atomic E-state index is 0.200. The molecule has 11 nitrogen and oxygen atoms in total. The van der Waals surface area contributed by atoms with Gasteiger partial charge < -0.3 is 14.5 Å². The van der Waals surface area contributed by atoms with E-state index in [2.05, 4.69) is 9.97 Å². The number of piperazine rings is 2. The van der Waals surface area contributed by atoms with Crippen LogP contribution in [-0.2, 0) is 32.9 Å². The molecule has 0 unspecified atom stereocenters. The summed E-state index contributed by atoms with van der Waals surface area (Å²) in [7, 11) is -6.41. The Balaban J connectivity index is 0.000000184. The topological polar surface area (TPSA) is 116 Å². The van der Waals surface area contributed by atoms with Crippen LogP contribution in [0.3, 0.4) is 0 Å². The van der Waals surface area contributed by atoms with Crippen molar-refractivity contribution in [2.45, 2.75) is 22.6 Å². The van der Waals surface area contributed by atoms with Crippen LogP contribution in [0.25, 0.3) is 0 Å². The molecule has 322 valence electrons. The average molecular weight is 936 g/mol. The SMILES string of the molecule is COc1ccc(Cc2csc(N3CCN(S(=O)(=O)c4ccc(F)cc4F)CC3)n2)cc1.O=S(=O)(c1ccc(F)cc1F)N1CCN(c2nc(Cc3ccc(Cl)cc3)cs2)CC1. The summed E-state index contributed by atoms with van der Waals surface area (Å²) >= 11 is 8.93. The molecule has 2 aliphatic rings. The molecule has 0 atom stereocenters. The maximum Gasteiger partial charge on any atom is 0.246 e. The first-order valence-corrected chi connectivity index (χ1v) is 23.9. The van der Waals surface area contributed by atoms with Crippen LogP contribution < -0.4 is 14.5 Å². The quantitative estimate of drug-likeness (QED) is 0.121. The molecule has 0 aliphatic carbocycles. The van der Waals surface area contributed by atoms with E-state index in [0.717, 1.165) is 62.8 Å². The first-order chi connectivity index (χ1) is 29.2. The van der Waals surface area contributed by atoms with E-state index < -0.39 is 53.1 Å². The van der Waals surface area contributed by atoms with E-state index in [4.69, 9.17) is 16.3 Å². The number of benzene rings is 4. The smallest absolute Gasteiger partial charge is 0.246 e. The van der Waals surface area contributed by atoms with Crippen molar-refractivity contribution in [2.24, 2.45) is 0 Å². The summed E-state index contributed by atoms with van der Waals surface area (Å²) in [5.41, 5.74) is 4.10. The molecule has 0 bridgehead atoms. The summed E-state index contributed by atoms with van der Waals surface area (Å²) in [6.45, 7) is 2.57. The number of thiazole rings is 2. The highest BCUT2D eigenvalue weighted by molar-refractivity contribution is 7.89. The van der Waals surface area contributed by atoms with Gasteiger partial charge in [0.2, 0.25) is 20.0 Å². The molecule has 0 N–H and O–H groups in total. The summed E-state index contributed by atoms with van der Waals surface area (Å²) in [4.78, 5) is 12.4. The Labute approximate surface area is 364 Å². The van der Waals surface area contributed by atoms with Gasteiger partial charge >= 0.3 is 0 Å². The van der Waals surface area contributed by atoms with E-state index in [-0.39, 0.29) is 26.2 Å². The van der Waals surface area contributed by atoms with Gasteiger partial charge in [0.25, 0.3) is 0 Å². The van der Waals surface area contributed by atoms with E-state index in [9.17, 15) is 34.4 Å². The maximum atomic E-state index is 14.0. The van der Waals surface area contributed by atoms with Crippen LogP contribution >= 0.6 is 34.3 Å². The number of sulfonamides is 2. The molecule has 6 aromatic rings. The second-order valence-corrected chi connectivity index (χ2v) is 19.9. The molecule has 8 rings (SSSR count). The molecular weight excluding hydrogens is 896 g/mol. The summed E-state index contributed by atoms with van der Waals surface area (Å²) in [6, 6.07) is 20.4. The Bertz CT molecular complexity index is 2670. The molecule has 0 radical (unpaired) electrons. The Kier molecular flexibility index (Phi) is 14.0. The predicted molar refractivity (Wildman–Crippen MR) is 229 cm³/mol. The molecule has 0 amide bonds. The van der Waals surface area contributed by atoms with Crippen molar-refractivity contribution in [1.29, 1.82) is 0 Å². The van der Waals surface area contributed by atoms with E-state index >= 15 is 0 Å². The van der Waals surface area contributed by atoms with Crippen LogP contribution in [0.4, 0.5) is 27.8 Å². The lowest BCUT2D eigenvalue weighted by molar-refractivity contribution is 0.381. The molecule has 61 heavy (non-hydrogen) atoms. The van der Waals surface area contributed by atoms with Crippen molar-refractivity contribution in [3.05, 3.63) is 146 Å². The highest BCUT2D eigenvalue weighted by Crippen LogP contribution is 2.29. The Morgan fingerprint density at radius 1 is 0.590 bits per heavy atom. The lowest BCUT2D eigenvalue weighted by atomic mass is 10.1. The van der Waals surface area contributed by atoms with Gasteiger partial charge in [0.05, 0.1) is 18.5 Å². The Hall–Kier alpha value is -4.63. The highest BCUT2D eigenvalue weighted by atomic mass is 35.5. The molecule has 2 fully saturated rings. The van der Waals surface area contributed by atoms with E-state index in [1.54, 1.807) is 7.11 Å². The molecule has 20 heteroatoms. The Morgan fingerprint density at radius 3 is 1.36 bits per heavy atom. The number of hydrogen-bond donors (Lipinski definition) is 0. The van der Waals surface area contributed by atoms with Crippen molar-refractivity contribution in [3.8, 4) is 5.75 Å². The fraction of sp³-hybridized carbons (Fsp3) is 0.268. The summed E-state index contributed by atoms with van der Waals surface area (Å²) in [6.07, 6.45) is 1.38. The third-order valence-corrected chi connectivity index (χ3v) is 16.0. The minimum Gasteiger partial charge on any atom is -0.497 e. The Morgan fingerprint density at radius 2 is 0.984 bits per heavy atom. The van der Waals surface area contributed by atoms with Gasteiger partial charge in [-0.3, -0.25) is 0 Å². The van der Waals surface area contributed by atoms with Crippen molar-refractivity contribution < 1.29 is 39.1 Å². The number of nitrogens with zero attached hydrogens (tertiary/aromatic N) is 6. The molecule has 4 aromatic carbocycles. The number of rotatable bonds is 11. The molecular formula is C41H39ClF4N6O5S4. The second kappa shape index (κ2) is 19.2. The van der Waals surface area contributed by atoms with Crippen molar-refractivity contribution in [2.75, 3.05) is 69.3 Å². The second-order valence-electron chi connectivity index (χ2n) is 14.0. The first kappa shape index (κ1) is 44.4. The normalized spacial score (nSPS) is 15.4. The number of ether oxygens (including phenoxy) is 1. The zero-order valence-electron chi connectivity index (χ0n) is 32.6. The van der Waals surface area contributed by atoms with Crippen molar-refractivity contribution in [1.82, 2.24) is 18.6 Å². The van der Waals surface area contributed by atoms with Crippen molar-refractivity contribution in [3.63, 3.8) is 0 Å². The van der Waals surface area contributed by atoms with Crippen LogP contribution in [0.2, 0.25) is 5.02 Å². The number of halogens is 5. The number of anilines is 2. The van der Waals surface area contributed by atoms with Gasteiger partial charge in [-0.05, 0) is 59.7 Å². The number of hydrogen-bond acceptors (Lipinski definition) is 11. The van der Waals surface area contributed by atoms with Crippen LogP contribution in [0.15, 0.2) is 105 Å². The molecule has 4 heterocycles. The zero-order valence-corrected chi connectivity index (χ0v) is 36.6. The van der Waals surface area contributed by atoms with Gasteiger partial charge in [-0.25, -0.2) is 44.4 Å². The third-order valence-electron chi connectivity index (χ3n) is 9.96. The lowest BCUT2D eigenvalue weighted by Crippen LogP contribution is -2.48. The number of methoxy groups -OCH3 is 1. The van der Waals surface area contributed by atoms with Crippen LogP contribution in [-0.4, -0.2) is 94.9 Å². The fourth-order valence-corrected chi connectivity index (χ4v) is 11.5. The largest absolute Gasteiger partial charge is 0.497 e. The van der Waals surface area contributed by atoms with Crippen LogP contribution in [0.5, 0.6) is 5.75 Å². The fourth-order valence-electron chi connectivity index (χ4n) is 6.70. The minimum atomic E-state index is -4.02. The maximum absolute atomic E-state index is 14.0. The van der Waals surface area contributed by atoms with Gasteiger partial charge in [-0.2, -0.15) is 8.61 Å². The summed E-state index contributed by atoms with van der Waals surface area (Å²) in [5.74, 6) is -2.98. The first-order valence-electron chi connectivity index (χ1n) is 18.9. The average Bonchev–Trinajstić information content (AvgIpc) is 3.92. The van der Waals surface area contributed by atoms with Gasteiger partial charge in [0, 0.05) is 93.1 Å². The molecule has 2 aromatic heterocycles. The molecule has 0 saturated carbocycles. The number of aromatic nitrogens is 2. The highest BCUT2D eigenvalue weighted by Gasteiger charge is 2.33. The standard InChI is InChI=1S/C21H21F2N3O3S2.C20H18ClF2N3O2S2/c1-29-18-5-2-15(3-6-18)12-17-14-30-21(24-17)25-8-10-26(11-9-25)31(27,28)20-7-4-16(22)13-19(20)23;21-15-3-1-14(2-4-15)11-17-13-29-20(24-17)25-7-9-26(10-8-25)30(27,28)19-6-5-16(22)12-18(19)23/h2-7,13-14H,8-12H2,1H3;1-6,12-13H,7-11H2. The van der Waals surface area contributed by atoms with Gasteiger partial charge in [0.15, 0.2) is 10.3 Å². The molecule has 0 spiro atoms. The van der Waals surface area contributed by atoms with E-state index in [0.29, 0.717) is 56.2 Å². The monoisotopic (exact) mass is 934 g/mol. The third kappa shape index (κ3) is 10.7. The van der Waals surface area contributed by atoms with Gasteiger partial charge in [0.1, 0.15) is 38.8 Å². The lowest BCUT2D eigenvalue weighted by Gasteiger charge is -2.33. The molecule has 2 saturated heterocycles. The zero-order chi connectivity index (χ0) is 43.3. The van der Waals surface area contributed by atoms with E-state index in [1.807, 2.05) is 69.1 Å². The summed E-state index contributed by atoms with van der Waals surface area (Å²) < 4.78 is 113. The van der Waals surface area contributed by atoms with E-state index in [1.165, 1.54) is 31.3 Å². The molecule has 2 aliphatic heterocycles. The van der Waals surface area contributed by atoms with Crippen molar-refractivity contribution >= 4 is 64.6 Å². The van der Waals surface area contributed by atoms with Gasteiger partial charge in [-0.15, -0.1) is 22.7 Å². The predicted octanol–water partition coefficient (Wildman–Crippen LogP) is 7.71. The van der Waals surface area contributed by atoms with Crippen LogP contribution in [0, 0.1) is 23.3 Å². The van der Waals surface area contributed by atoms with Gasteiger partial charge in [-0.1, -0.05) is 35.9 Å². The van der Waals surface area contributed by atoms with Crippen LogP contribution in [0.1, 0.15) is 22.5 Å². The summed E-state index contributed by atoms with van der Waals surface area (Å²) in [5, 5.41) is 6.32.